The molecule has 0 bridgehead atoms. The molecule has 130 valence electrons. The summed E-state index contributed by atoms with van der Waals surface area (Å²) in [5.41, 5.74) is 7.50. The second-order valence-corrected chi connectivity index (χ2v) is 5.47. The minimum atomic E-state index is -0.428. The zero-order chi connectivity index (χ0) is 17.8. The molecule has 25 heavy (non-hydrogen) atoms. The summed E-state index contributed by atoms with van der Waals surface area (Å²) in [6.07, 6.45) is -0.0666. The largest absolute Gasteiger partial charge is 0.466 e. The summed E-state index contributed by atoms with van der Waals surface area (Å²) in [5.74, 6) is 0.379. The van der Waals surface area contributed by atoms with Gasteiger partial charge in [0.2, 0.25) is 11.8 Å². The van der Waals surface area contributed by atoms with Crippen LogP contribution in [0.25, 0.3) is 11.1 Å². The Morgan fingerprint density at radius 3 is 2.88 bits per heavy atom. The van der Waals surface area contributed by atoms with Gasteiger partial charge in [-0.3, -0.25) is 4.79 Å². The summed E-state index contributed by atoms with van der Waals surface area (Å²) < 4.78 is 10.6. The van der Waals surface area contributed by atoms with Crippen molar-refractivity contribution in [1.29, 1.82) is 0 Å². The van der Waals surface area contributed by atoms with Gasteiger partial charge in [-0.15, -0.1) is 0 Å². The quantitative estimate of drug-likeness (QED) is 0.508. The summed E-state index contributed by atoms with van der Waals surface area (Å²) in [5, 5.41) is 3.14. The van der Waals surface area contributed by atoms with Gasteiger partial charge in [0, 0.05) is 5.56 Å². The van der Waals surface area contributed by atoms with Crippen LogP contribution >= 0.6 is 11.6 Å². The van der Waals surface area contributed by atoms with Gasteiger partial charge in [0.15, 0.2) is 5.58 Å². The number of anilines is 2. The fraction of sp³-hybridized carbons (Fsp3) is 0.250. The second kappa shape index (κ2) is 7.35. The van der Waals surface area contributed by atoms with E-state index in [4.69, 9.17) is 26.5 Å². The molecule has 0 amide bonds. The van der Waals surface area contributed by atoms with Crippen molar-refractivity contribution in [2.45, 2.75) is 19.9 Å². The average Bonchev–Trinajstić information content (AvgIpc) is 2.99. The van der Waals surface area contributed by atoms with Gasteiger partial charge in [0.05, 0.1) is 19.6 Å². The lowest BCUT2D eigenvalue weighted by molar-refractivity contribution is -0.142. The number of nitrogens with two attached hydrogens (primary N) is 1. The topological polar surface area (TPSA) is 116 Å². The van der Waals surface area contributed by atoms with Gasteiger partial charge in [-0.2, -0.15) is 4.98 Å². The van der Waals surface area contributed by atoms with Crippen LogP contribution in [0, 0.1) is 0 Å². The summed E-state index contributed by atoms with van der Waals surface area (Å²) in [6.45, 7) is 2.25. The number of fused-ring (bicyclic) bond motifs is 1. The Balaban J connectivity index is 1.81. The first-order valence-corrected chi connectivity index (χ1v) is 8.00. The number of para-hydroxylation sites is 2. The first-order chi connectivity index (χ1) is 12.1. The van der Waals surface area contributed by atoms with E-state index < -0.39 is 5.97 Å². The van der Waals surface area contributed by atoms with E-state index in [0.29, 0.717) is 22.9 Å². The number of hydrogen-bond donors (Lipinski definition) is 2. The average molecular weight is 362 g/mol. The molecule has 0 aliphatic heterocycles. The zero-order valence-corrected chi connectivity index (χ0v) is 14.2. The molecule has 0 radical (unpaired) electrons. The van der Waals surface area contributed by atoms with E-state index >= 15 is 0 Å². The van der Waals surface area contributed by atoms with E-state index in [1.54, 1.807) is 6.92 Å². The van der Waals surface area contributed by atoms with Crippen molar-refractivity contribution in [3.8, 4) is 0 Å². The van der Waals surface area contributed by atoms with Crippen LogP contribution in [0.5, 0.6) is 0 Å². The molecule has 3 rings (SSSR count). The molecule has 2 heterocycles. The number of carbonyl (C=O) groups excluding carboxylic acids is 1. The number of nitrogens with one attached hydrogen (secondary N) is 1. The first-order valence-electron chi connectivity index (χ1n) is 7.62. The Kier molecular flexibility index (Phi) is 4.99. The van der Waals surface area contributed by atoms with Crippen LogP contribution in [0.1, 0.15) is 18.4 Å². The number of ether oxygens (including phenoxy) is 1. The lowest BCUT2D eigenvalue weighted by Crippen LogP contribution is -2.14. The number of rotatable bonds is 6. The number of carbonyl (C=O) groups is 1. The molecular weight excluding hydrogens is 346 g/mol. The number of halogens is 1. The Bertz CT molecular complexity index is 879. The monoisotopic (exact) mass is 361 g/mol. The number of nitrogen functional groups attached to an aromatic ring is 1. The molecule has 0 saturated carbocycles. The van der Waals surface area contributed by atoms with E-state index in [1.165, 1.54) is 0 Å². The molecule has 0 atom stereocenters. The maximum Gasteiger partial charge on any atom is 0.310 e. The number of hydrogen-bond acceptors (Lipinski definition) is 8. The van der Waals surface area contributed by atoms with E-state index in [9.17, 15) is 4.79 Å². The molecule has 0 fully saturated rings. The maximum absolute atomic E-state index is 11.8. The fourth-order valence-electron chi connectivity index (χ4n) is 2.29. The lowest BCUT2D eigenvalue weighted by atomic mass is 10.2. The number of aromatic nitrogens is 3. The molecule has 9 heteroatoms. The molecule has 0 unspecified atom stereocenters. The molecule has 0 aliphatic carbocycles. The highest BCUT2D eigenvalue weighted by atomic mass is 35.5. The molecular formula is C16H16ClN5O3. The third kappa shape index (κ3) is 3.97. The van der Waals surface area contributed by atoms with Gasteiger partial charge in [0.25, 0.3) is 0 Å². The van der Waals surface area contributed by atoms with Crippen molar-refractivity contribution in [3.05, 3.63) is 40.9 Å². The third-order valence-corrected chi connectivity index (χ3v) is 3.66. The van der Waals surface area contributed by atoms with Crippen LogP contribution in [0.3, 0.4) is 0 Å². The van der Waals surface area contributed by atoms with Crippen LogP contribution < -0.4 is 11.1 Å². The number of benzene rings is 1. The van der Waals surface area contributed by atoms with Gasteiger partial charge in [-0.25, -0.2) is 9.97 Å². The zero-order valence-electron chi connectivity index (χ0n) is 13.5. The highest BCUT2D eigenvalue weighted by Crippen LogP contribution is 2.24. The van der Waals surface area contributed by atoms with Crippen LogP contribution in [0.4, 0.5) is 11.8 Å². The summed E-state index contributed by atoms with van der Waals surface area (Å²) in [7, 11) is 0. The summed E-state index contributed by atoms with van der Waals surface area (Å²) in [6, 6.07) is 7.43. The van der Waals surface area contributed by atoms with Crippen LogP contribution in [0.15, 0.2) is 28.7 Å². The Morgan fingerprint density at radius 1 is 1.32 bits per heavy atom. The van der Waals surface area contributed by atoms with Gasteiger partial charge >= 0.3 is 5.97 Å². The molecule has 0 spiro atoms. The molecule has 3 aromatic rings. The number of oxazole rings is 1. The van der Waals surface area contributed by atoms with Crippen molar-refractivity contribution >= 4 is 40.4 Å². The summed E-state index contributed by atoms with van der Waals surface area (Å²) in [4.78, 5) is 24.1. The summed E-state index contributed by atoms with van der Waals surface area (Å²) >= 11 is 6.11. The van der Waals surface area contributed by atoms with Crippen LogP contribution in [0.2, 0.25) is 5.15 Å². The Labute approximate surface area is 148 Å². The number of nitrogens with zero attached hydrogens (tertiary/aromatic N) is 3. The maximum atomic E-state index is 11.8. The standard InChI is InChI=1S/C16H16ClN5O3/c1-2-24-13(23)7-9-14(17)21-16(18)22-15(9)19-8-12-20-10-5-3-4-6-11(10)25-12/h3-6H,2,7-8H2,1H3,(H3,18,19,21,22). The third-order valence-electron chi connectivity index (χ3n) is 3.35. The number of esters is 1. The lowest BCUT2D eigenvalue weighted by Gasteiger charge is -2.11. The van der Waals surface area contributed by atoms with E-state index in [1.807, 2.05) is 24.3 Å². The fourth-order valence-corrected chi connectivity index (χ4v) is 2.53. The first kappa shape index (κ1) is 17.0. The van der Waals surface area contributed by atoms with Gasteiger partial charge in [0.1, 0.15) is 16.5 Å². The molecule has 0 saturated heterocycles. The Hall–Kier alpha value is -2.87. The normalized spacial score (nSPS) is 10.8. The van der Waals surface area contributed by atoms with Crippen molar-refractivity contribution in [2.24, 2.45) is 0 Å². The predicted molar refractivity (Wildman–Crippen MR) is 93.1 cm³/mol. The van der Waals surface area contributed by atoms with Crippen LogP contribution in [-0.4, -0.2) is 27.5 Å². The molecule has 1 aromatic carbocycles. The smallest absolute Gasteiger partial charge is 0.310 e. The molecule has 8 nitrogen and oxygen atoms in total. The highest BCUT2D eigenvalue weighted by Gasteiger charge is 2.17. The van der Waals surface area contributed by atoms with E-state index in [0.717, 1.165) is 5.52 Å². The van der Waals surface area contributed by atoms with Crippen molar-refractivity contribution < 1.29 is 13.9 Å². The minimum Gasteiger partial charge on any atom is -0.466 e. The molecule has 0 aliphatic rings. The van der Waals surface area contributed by atoms with E-state index in [2.05, 4.69) is 20.3 Å². The minimum absolute atomic E-state index is 0.00215. The second-order valence-electron chi connectivity index (χ2n) is 5.11. The SMILES string of the molecule is CCOC(=O)Cc1c(Cl)nc(N)nc1NCc1nc2ccccc2o1. The van der Waals surface area contributed by atoms with Crippen molar-refractivity contribution in [2.75, 3.05) is 17.7 Å². The van der Waals surface area contributed by atoms with Gasteiger partial charge < -0.3 is 20.2 Å². The molecule has 3 N–H and O–H groups in total. The van der Waals surface area contributed by atoms with Crippen molar-refractivity contribution in [3.63, 3.8) is 0 Å². The van der Waals surface area contributed by atoms with Crippen molar-refractivity contribution in [1.82, 2.24) is 15.0 Å². The predicted octanol–water partition coefficient (Wildman–Crippen LogP) is 2.57. The highest BCUT2D eigenvalue weighted by molar-refractivity contribution is 6.30. The van der Waals surface area contributed by atoms with E-state index in [-0.39, 0.29) is 30.7 Å². The van der Waals surface area contributed by atoms with Crippen LogP contribution in [-0.2, 0) is 22.5 Å². The van der Waals surface area contributed by atoms with Gasteiger partial charge in [-0.1, -0.05) is 23.7 Å². The molecule has 2 aromatic heterocycles. The Morgan fingerprint density at radius 2 is 2.12 bits per heavy atom. The van der Waals surface area contributed by atoms with Gasteiger partial charge in [-0.05, 0) is 19.1 Å².